The number of hydrogen-bond acceptors (Lipinski definition) is 5. The summed E-state index contributed by atoms with van der Waals surface area (Å²) in [4.78, 5) is 24.1. The highest BCUT2D eigenvalue weighted by Crippen LogP contribution is 2.23. The van der Waals surface area contributed by atoms with E-state index in [4.69, 9.17) is 4.52 Å². The van der Waals surface area contributed by atoms with Crippen molar-refractivity contribution in [2.75, 3.05) is 5.32 Å². The van der Waals surface area contributed by atoms with E-state index in [1.165, 1.54) is 18.7 Å². The second-order valence-corrected chi connectivity index (χ2v) is 5.46. The SMILES string of the molecule is Cn1c(=O)c2c(Nc3ccc(Br)cc3)noc2n(C)c1=O. The molecular formula is C13H11BrN4O3. The van der Waals surface area contributed by atoms with Gasteiger partial charge in [0.25, 0.3) is 5.56 Å². The first-order valence-corrected chi connectivity index (χ1v) is 6.86. The Morgan fingerprint density at radius 2 is 1.81 bits per heavy atom. The maximum atomic E-state index is 12.2. The van der Waals surface area contributed by atoms with Gasteiger partial charge in [-0.05, 0) is 24.3 Å². The molecule has 21 heavy (non-hydrogen) atoms. The first-order valence-electron chi connectivity index (χ1n) is 6.07. The van der Waals surface area contributed by atoms with Crippen LogP contribution in [0.15, 0.2) is 42.9 Å². The molecule has 2 heterocycles. The average Bonchev–Trinajstić information content (AvgIpc) is 2.89. The van der Waals surface area contributed by atoms with Crippen LogP contribution in [0, 0.1) is 0 Å². The van der Waals surface area contributed by atoms with E-state index in [0.29, 0.717) is 0 Å². The largest absolute Gasteiger partial charge is 0.337 e. The molecule has 0 aliphatic heterocycles. The Morgan fingerprint density at radius 1 is 1.14 bits per heavy atom. The van der Waals surface area contributed by atoms with E-state index < -0.39 is 11.2 Å². The summed E-state index contributed by atoms with van der Waals surface area (Å²) in [5.74, 6) is 0.281. The number of anilines is 2. The van der Waals surface area contributed by atoms with Crippen LogP contribution in [0.25, 0.3) is 11.1 Å². The summed E-state index contributed by atoms with van der Waals surface area (Å²) in [6.45, 7) is 0. The number of rotatable bonds is 2. The Bertz CT molecular complexity index is 937. The second kappa shape index (κ2) is 4.88. The first kappa shape index (κ1) is 13.6. The van der Waals surface area contributed by atoms with E-state index in [1.807, 2.05) is 24.3 Å². The number of fused-ring (bicyclic) bond motifs is 1. The molecule has 0 radical (unpaired) electrons. The van der Waals surface area contributed by atoms with E-state index >= 15 is 0 Å². The van der Waals surface area contributed by atoms with Gasteiger partial charge in [-0.3, -0.25) is 13.9 Å². The highest BCUT2D eigenvalue weighted by atomic mass is 79.9. The van der Waals surface area contributed by atoms with Gasteiger partial charge in [0.1, 0.15) is 5.39 Å². The van der Waals surface area contributed by atoms with Crippen molar-refractivity contribution in [3.05, 3.63) is 49.6 Å². The van der Waals surface area contributed by atoms with Gasteiger partial charge in [0.2, 0.25) is 5.71 Å². The monoisotopic (exact) mass is 350 g/mol. The molecule has 7 nitrogen and oxygen atoms in total. The van der Waals surface area contributed by atoms with Gasteiger partial charge in [0, 0.05) is 24.3 Å². The van der Waals surface area contributed by atoms with Gasteiger partial charge in [0.15, 0.2) is 5.82 Å². The van der Waals surface area contributed by atoms with Gasteiger partial charge in [-0.2, -0.15) is 0 Å². The minimum Gasteiger partial charge on any atom is -0.337 e. The van der Waals surface area contributed by atoms with Crippen LogP contribution in [0.4, 0.5) is 11.5 Å². The van der Waals surface area contributed by atoms with Gasteiger partial charge in [-0.25, -0.2) is 4.79 Å². The van der Waals surface area contributed by atoms with Crippen LogP contribution in [-0.2, 0) is 14.1 Å². The molecule has 0 unspecified atom stereocenters. The van der Waals surface area contributed by atoms with Gasteiger partial charge in [-0.1, -0.05) is 21.1 Å². The van der Waals surface area contributed by atoms with Gasteiger partial charge in [-0.15, -0.1) is 0 Å². The minimum absolute atomic E-state index is 0.141. The first-order chi connectivity index (χ1) is 9.99. The van der Waals surface area contributed by atoms with Gasteiger partial charge in [0.05, 0.1) is 0 Å². The van der Waals surface area contributed by atoms with E-state index in [-0.39, 0.29) is 16.9 Å². The molecule has 1 aromatic carbocycles. The van der Waals surface area contributed by atoms with Crippen molar-refractivity contribution in [2.24, 2.45) is 14.1 Å². The molecule has 1 N–H and O–H groups in total. The van der Waals surface area contributed by atoms with E-state index in [1.54, 1.807) is 0 Å². The Balaban J connectivity index is 2.19. The minimum atomic E-state index is -0.459. The molecule has 0 saturated heterocycles. The molecule has 0 aliphatic rings. The molecule has 0 saturated carbocycles. The number of hydrogen-bond donors (Lipinski definition) is 1. The Kier molecular flexibility index (Phi) is 3.17. The fourth-order valence-electron chi connectivity index (χ4n) is 2.02. The van der Waals surface area contributed by atoms with Crippen LogP contribution in [-0.4, -0.2) is 14.3 Å². The lowest BCUT2D eigenvalue weighted by Crippen LogP contribution is -2.36. The third-order valence-corrected chi connectivity index (χ3v) is 3.71. The van der Waals surface area contributed by atoms with E-state index in [9.17, 15) is 9.59 Å². The van der Waals surface area contributed by atoms with Crippen LogP contribution in [0.5, 0.6) is 0 Å². The lowest BCUT2D eigenvalue weighted by atomic mass is 10.3. The third-order valence-electron chi connectivity index (χ3n) is 3.18. The van der Waals surface area contributed by atoms with Crippen molar-refractivity contribution in [2.45, 2.75) is 0 Å². The van der Waals surface area contributed by atoms with Crippen molar-refractivity contribution in [1.29, 1.82) is 0 Å². The number of benzene rings is 1. The fourth-order valence-corrected chi connectivity index (χ4v) is 2.29. The molecule has 0 amide bonds. The van der Waals surface area contributed by atoms with E-state index in [0.717, 1.165) is 14.7 Å². The summed E-state index contributed by atoms with van der Waals surface area (Å²) < 4.78 is 8.33. The number of aromatic nitrogens is 3. The Morgan fingerprint density at radius 3 is 2.48 bits per heavy atom. The molecule has 0 fully saturated rings. The van der Waals surface area contributed by atoms with Crippen molar-refractivity contribution >= 4 is 38.5 Å². The van der Waals surface area contributed by atoms with E-state index in [2.05, 4.69) is 26.4 Å². The highest BCUT2D eigenvalue weighted by molar-refractivity contribution is 9.10. The summed E-state index contributed by atoms with van der Waals surface area (Å²) in [5, 5.41) is 7.10. The zero-order chi connectivity index (χ0) is 15.1. The predicted octanol–water partition coefficient (Wildman–Crippen LogP) is 1.73. The summed E-state index contributed by atoms with van der Waals surface area (Å²) in [5.41, 5.74) is -0.0141. The average molecular weight is 351 g/mol. The molecule has 0 atom stereocenters. The highest BCUT2D eigenvalue weighted by Gasteiger charge is 2.18. The summed E-state index contributed by atoms with van der Waals surface area (Å²) in [6, 6.07) is 7.38. The quantitative estimate of drug-likeness (QED) is 0.761. The van der Waals surface area contributed by atoms with Crippen LogP contribution in [0.3, 0.4) is 0 Å². The van der Waals surface area contributed by atoms with Gasteiger partial charge < -0.3 is 9.84 Å². The van der Waals surface area contributed by atoms with Crippen LogP contribution < -0.4 is 16.6 Å². The predicted molar refractivity (Wildman–Crippen MR) is 81.9 cm³/mol. The summed E-state index contributed by atoms with van der Waals surface area (Å²) in [6.07, 6.45) is 0. The molecule has 3 aromatic rings. The third kappa shape index (κ3) is 2.17. The maximum absolute atomic E-state index is 12.2. The normalized spacial score (nSPS) is 11.0. The topological polar surface area (TPSA) is 82.1 Å². The molecule has 0 bridgehead atoms. The lowest BCUT2D eigenvalue weighted by Gasteiger charge is -2.04. The standard InChI is InChI=1S/C13H11BrN4O3/c1-17-11(19)9-10(15-8-5-3-7(14)4-6-8)16-21-12(9)18(2)13(17)20/h3-6H,1-2H3,(H,15,16). The van der Waals surface area contributed by atoms with Crippen molar-refractivity contribution in [3.63, 3.8) is 0 Å². The fraction of sp³-hybridized carbons (Fsp3) is 0.154. The molecule has 3 rings (SSSR count). The van der Waals surface area contributed by atoms with Crippen molar-refractivity contribution < 1.29 is 4.52 Å². The smallest absolute Gasteiger partial charge is 0.333 e. The molecular weight excluding hydrogens is 340 g/mol. The van der Waals surface area contributed by atoms with Crippen molar-refractivity contribution in [3.8, 4) is 0 Å². The van der Waals surface area contributed by atoms with Crippen LogP contribution in [0.1, 0.15) is 0 Å². The van der Waals surface area contributed by atoms with Gasteiger partial charge >= 0.3 is 5.69 Å². The molecule has 0 spiro atoms. The second-order valence-electron chi connectivity index (χ2n) is 4.55. The summed E-state index contributed by atoms with van der Waals surface area (Å²) in [7, 11) is 2.94. The van der Waals surface area contributed by atoms with Crippen LogP contribution in [0.2, 0.25) is 0 Å². The molecule has 8 heteroatoms. The van der Waals surface area contributed by atoms with Crippen molar-refractivity contribution in [1.82, 2.24) is 14.3 Å². The summed E-state index contributed by atoms with van der Waals surface area (Å²) >= 11 is 3.35. The lowest BCUT2D eigenvalue weighted by molar-refractivity contribution is 0.437. The Labute approximate surface area is 126 Å². The van der Waals surface area contributed by atoms with Crippen LogP contribution >= 0.6 is 15.9 Å². The zero-order valence-corrected chi connectivity index (χ0v) is 12.8. The molecule has 0 aliphatic carbocycles. The molecule has 2 aromatic heterocycles. The number of nitrogens with zero attached hydrogens (tertiary/aromatic N) is 3. The molecule has 108 valence electrons. The Hall–Kier alpha value is -2.35. The zero-order valence-electron chi connectivity index (χ0n) is 11.3. The number of aryl methyl sites for hydroxylation is 1. The number of nitrogens with one attached hydrogen (secondary N) is 1. The maximum Gasteiger partial charge on any atom is 0.333 e. The number of halogens is 1.